The quantitative estimate of drug-likeness (QED) is 0.222. The SMILES string of the molecule is CC.CCC.CCCc1ccc(NC(=O)OCC(C)SSc2ccc([N+](=O)[O-])cn2)cc1. The van der Waals surface area contributed by atoms with Gasteiger partial charge in [-0.25, -0.2) is 9.78 Å². The van der Waals surface area contributed by atoms with E-state index in [2.05, 4.69) is 31.1 Å². The number of benzene rings is 1. The number of nitro groups is 1. The number of nitrogens with zero attached hydrogens (tertiary/aromatic N) is 2. The summed E-state index contributed by atoms with van der Waals surface area (Å²) in [5, 5.41) is 14.0. The van der Waals surface area contributed by atoms with Gasteiger partial charge in [-0.15, -0.1) is 0 Å². The Kier molecular flexibility index (Phi) is 17.0. The first-order chi connectivity index (χ1) is 15.4. The number of amides is 1. The van der Waals surface area contributed by atoms with Crippen molar-refractivity contribution >= 4 is 39.1 Å². The summed E-state index contributed by atoms with van der Waals surface area (Å²) in [5.41, 5.74) is 1.89. The van der Waals surface area contributed by atoms with E-state index in [9.17, 15) is 14.9 Å². The molecule has 0 bridgehead atoms. The van der Waals surface area contributed by atoms with Gasteiger partial charge < -0.3 is 4.74 Å². The van der Waals surface area contributed by atoms with Crippen LogP contribution in [0, 0.1) is 10.1 Å². The van der Waals surface area contributed by atoms with Gasteiger partial charge in [-0.1, -0.05) is 70.4 Å². The summed E-state index contributed by atoms with van der Waals surface area (Å²) in [6, 6.07) is 10.7. The largest absolute Gasteiger partial charge is 0.448 e. The maximum absolute atomic E-state index is 11.9. The molecule has 1 atom stereocenters. The van der Waals surface area contributed by atoms with E-state index in [0.29, 0.717) is 10.7 Å². The third-order valence-electron chi connectivity index (χ3n) is 3.42. The minimum absolute atomic E-state index is 0.0321. The van der Waals surface area contributed by atoms with E-state index in [-0.39, 0.29) is 17.5 Å². The van der Waals surface area contributed by atoms with Gasteiger partial charge in [0.25, 0.3) is 5.69 Å². The summed E-state index contributed by atoms with van der Waals surface area (Å²) in [6.45, 7) is 12.5. The van der Waals surface area contributed by atoms with Crippen molar-refractivity contribution < 1.29 is 14.5 Å². The summed E-state index contributed by atoms with van der Waals surface area (Å²) < 4.78 is 5.23. The van der Waals surface area contributed by atoms with Gasteiger partial charge >= 0.3 is 6.09 Å². The van der Waals surface area contributed by atoms with Crippen LogP contribution < -0.4 is 5.32 Å². The number of carbonyl (C=O) groups is 1. The summed E-state index contributed by atoms with van der Waals surface area (Å²) in [6.07, 6.45) is 4.08. The van der Waals surface area contributed by atoms with Crippen LogP contribution in [0.5, 0.6) is 0 Å². The lowest BCUT2D eigenvalue weighted by atomic mass is 10.1. The van der Waals surface area contributed by atoms with Gasteiger partial charge in [0.1, 0.15) is 17.8 Å². The van der Waals surface area contributed by atoms with Crippen molar-refractivity contribution in [2.75, 3.05) is 11.9 Å². The maximum Gasteiger partial charge on any atom is 0.411 e. The molecule has 0 spiro atoms. The van der Waals surface area contributed by atoms with Crippen molar-refractivity contribution in [3.05, 3.63) is 58.3 Å². The van der Waals surface area contributed by atoms with Crippen molar-refractivity contribution in [2.24, 2.45) is 0 Å². The molecule has 0 saturated carbocycles. The van der Waals surface area contributed by atoms with Crippen LogP contribution in [-0.4, -0.2) is 27.9 Å². The van der Waals surface area contributed by atoms with Gasteiger partial charge in [0.2, 0.25) is 0 Å². The van der Waals surface area contributed by atoms with E-state index in [1.54, 1.807) is 6.07 Å². The zero-order valence-electron chi connectivity index (χ0n) is 19.8. The maximum atomic E-state index is 11.9. The molecular formula is C23H35N3O4S2. The average molecular weight is 482 g/mol. The second kappa shape index (κ2) is 18.3. The molecule has 178 valence electrons. The van der Waals surface area contributed by atoms with Crippen LogP contribution in [0.1, 0.15) is 59.9 Å². The Morgan fingerprint density at radius 1 is 1.16 bits per heavy atom. The molecule has 2 rings (SSSR count). The molecule has 1 amide bonds. The van der Waals surface area contributed by atoms with Crippen LogP contribution in [-0.2, 0) is 11.2 Å². The normalized spacial score (nSPS) is 10.6. The molecule has 32 heavy (non-hydrogen) atoms. The number of rotatable bonds is 9. The number of aromatic nitrogens is 1. The zero-order valence-corrected chi connectivity index (χ0v) is 21.4. The summed E-state index contributed by atoms with van der Waals surface area (Å²) in [4.78, 5) is 26.0. The lowest BCUT2D eigenvalue weighted by Gasteiger charge is -2.12. The predicted molar refractivity (Wildman–Crippen MR) is 137 cm³/mol. The Hall–Kier alpha value is -2.26. The molecule has 1 heterocycles. The predicted octanol–water partition coefficient (Wildman–Crippen LogP) is 7.76. The molecule has 0 aliphatic heterocycles. The summed E-state index contributed by atoms with van der Waals surface area (Å²) in [7, 11) is 2.86. The zero-order chi connectivity index (χ0) is 24.4. The van der Waals surface area contributed by atoms with Gasteiger partial charge in [-0.3, -0.25) is 15.4 Å². The molecule has 0 aliphatic carbocycles. The molecule has 0 aliphatic rings. The fraction of sp³-hybridized carbons (Fsp3) is 0.478. The lowest BCUT2D eigenvalue weighted by molar-refractivity contribution is -0.385. The van der Waals surface area contributed by atoms with Crippen LogP contribution in [0.2, 0.25) is 0 Å². The number of aryl methyl sites for hydroxylation is 1. The van der Waals surface area contributed by atoms with Gasteiger partial charge in [0.05, 0.1) is 4.92 Å². The van der Waals surface area contributed by atoms with Gasteiger partial charge in [-0.2, -0.15) is 0 Å². The van der Waals surface area contributed by atoms with Gasteiger partial charge in [0.15, 0.2) is 0 Å². The Bertz CT molecular complexity index is 772. The standard InChI is InChI=1S/C18H21N3O4S2.C3H8.C2H6/c1-3-4-14-5-7-15(8-6-14)20-18(22)25-12-13(2)26-27-17-10-9-16(11-19-17)21(23)24;1-3-2;1-2/h5-11,13H,3-4,12H2,1-2H3,(H,20,22);3H2,1-2H3;1-2H3. The van der Waals surface area contributed by atoms with Crippen molar-refractivity contribution in [2.45, 2.75) is 71.1 Å². The highest BCUT2D eigenvalue weighted by atomic mass is 33.1. The smallest absolute Gasteiger partial charge is 0.411 e. The van der Waals surface area contributed by atoms with E-state index in [0.717, 1.165) is 12.8 Å². The molecule has 7 nitrogen and oxygen atoms in total. The Labute approximate surface area is 199 Å². The molecule has 1 N–H and O–H groups in total. The third-order valence-corrected chi connectivity index (χ3v) is 6.18. The van der Waals surface area contributed by atoms with Crippen molar-refractivity contribution in [1.29, 1.82) is 0 Å². The highest BCUT2D eigenvalue weighted by Crippen LogP contribution is 2.33. The highest BCUT2D eigenvalue weighted by Gasteiger charge is 2.11. The van der Waals surface area contributed by atoms with Crippen LogP contribution in [0.4, 0.5) is 16.2 Å². The van der Waals surface area contributed by atoms with E-state index in [4.69, 9.17) is 4.74 Å². The number of hydrogen-bond acceptors (Lipinski definition) is 7. The minimum Gasteiger partial charge on any atom is -0.448 e. The Balaban J connectivity index is 0.00000177. The topological polar surface area (TPSA) is 94.4 Å². The molecule has 9 heteroatoms. The number of anilines is 1. The molecule has 0 fully saturated rings. The fourth-order valence-electron chi connectivity index (χ4n) is 2.08. The van der Waals surface area contributed by atoms with Crippen molar-refractivity contribution in [3.63, 3.8) is 0 Å². The average Bonchev–Trinajstić information content (AvgIpc) is 2.80. The van der Waals surface area contributed by atoms with Gasteiger partial charge in [0, 0.05) is 17.0 Å². The molecule has 0 saturated heterocycles. The molecule has 1 unspecified atom stereocenters. The second-order valence-corrected chi connectivity index (χ2v) is 9.14. The van der Waals surface area contributed by atoms with Crippen LogP contribution in [0.25, 0.3) is 0 Å². The molecular weight excluding hydrogens is 446 g/mol. The number of ether oxygens (including phenoxy) is 1. The second-order valence-electron chi connectivity index (χ2n) is 6.48. The molecule has 1 aromatic carbocycles. The molecule has 2 aromatic rings. The number of nitrogens with one attached hydrogen (secondary N) is 1. The van der Waals surface area contributed by atoms with Crippen molar-refractivity contribution in [3.8, 4) is 0 Å². The summed E-state index contributed by atoms with van der Waals surface area (Å²) in [5.74, 6) is 0. The van der Waals surface area contributed by atoms with Crippen LogP contribution in [0.3, 0.4) is 0 Å². The monoisotopic (exact) mass is 481 g/mol. The van der Waals surface area contributed by atoms with E-state index < -0.39 is 11.0 Å². The van der Waals surface area contributed by atoms with E-state index in [1.165, 1.54) is 45.8 Å². The van der Waals surface area contributed by atoms with E-state index >= 15 is 0 Å². The number of carbonyl (C=O) groups excluding carboxylic acids is 1. The van der Waals surface area contributed by atoms with E-state index in [1.807, 2.05) is 45.0 Å². The Morgan fingerprint density at radius 3 is 2.28 bits per heavy atom. The number of pyridine rings is 1. The highest BCUT2D eigenvalue weighted by molar-refractivity contribution is 8.76. The fourth-order valence-corrected chi connectivity index (χ4v) is 3.94. The number of hydrogen-bond donors (Lipinski definition) is 1. The lowest BCUT2D eigenvalue weighted by Crippen LogP contribution is -2.18. The van der Waals surface area contributed by atoms with Gasteiger partial charge in [-0.05, 0) is 47.9 Å². The third kappa shape index (κ3) is 13.2. The minimum atomic E-state index is -0.496. The van der Waals surface area contributed by atoms with Crippen LogP contribution >= 0.6 is 21.6 Å². The molecule has 0 radical (unpaired) electrons. The Morgan fingerprint density at radius 2 is 1.78 bits per heavy atom. The summed E-state index contributed by atoms with van der Waals surface area (Å²) >= 11 is 0. The van der Waals surface area contributed by atoms with Crippen molar-refractivity contribution in [1.82, 2.24) is 4.98 Å². The van der Waals surface area contributed by atoms with Crippen LogP contribution in [0.15, 0.2) is 47.6 Å². The first kappa shape index (κ1) is 29.7. The molecule has 1 aromatic heterocycles. The first-order valence-electron chi connectivity index (χ1n) is 10.9. The first-order valence-corrected chi connectivity index (χ1v) is 13.1.